The fourth-order valence-corrected chi connectivity index (χ4v) is 6.05. The number of methoxy groups -OCH3 is 1. The Morgan fingerprint density at radius 3 is 1.31 bits per heavy atom. The lowest BCUT2D eigenvalue weighted by Gasteiger charge is -2.28. The lowest BCUT2D eigenvalue weighted by atomic mass is 9.80. The second kappa shape index (κ2) is 9.38. The summed E-state index contributed by atoms with van der Waals surface area (Å²) in [7, 11) is 1.66. The van der Waals surface area contributed by atoms with Gasteiger partial charge >= 0.3 is 0 Å². The normalized spacial score (nSPS) is 18.3. The summed E-state index contributed by atoms with van der Waals surface area (Å²) in [6.45, 7) is 18.0. The second-order valence-electron chi connectivity index (χ2n) is 13.7. The van der Waals surface area contributed by atoms with Gasteiger partial charge in [-0.25, -0.2) is 0 Å². The van der Waals surface area contributed by atoms with Crippen molar-refractivity contribution in [2.24, 2.45) is 10.2 Å². The Bertz CT molecular complexity index is 1770. The Kier molecular flexibility index (Phi) is 6.23. The third-order valence-electron chi connectivity index (χ3n) is 9.58. The van der Waals surface area contributed by atoms with E-state index in [4.69, 9.17) is 9.85 Å². The van der Waals surface area contributed by atoms with E-state index in [1.165, 1.54) is 11.4 Å². The van der Waals surface area contributed by atoms with E-state index < -0.39 is 0 Å². The van der Waals surface area contributed by atoms with Crippen molar-refractivity contribution in [2.75, 3.05) is 7.11 Å². The molecule has 7 heteroatoms. The van der Waals surface area contributed by atoms with E-state index in [0.717, 1.165) is 51.3 Å². The summed E-state index contributed by atoms with van der Waals surface area (Å²) in [5.41, 5.74) is 8.64. The van der Waals surface area contributed by atoms with Crippen LogP contribution in [-0.4, -0.2) is 27.0 Å². The fraction of sp³-hybridized carbons (Fsp3) is 0.371. The van der Waals surface area contributed by atoms with Gasteiger partial charge in [-0.05, 0) is 108 Å². The second-order valence-corrected chi connectivity index (χ2v) is 13.7. The predicted octanol–water partition coefficient (Wildman–Crippen LogP) is 9.04. The van der Waals surface area contributed by atoms with Crippen molar-refractivity contribution in [3.05, 3.63) is 112 Å². The Morgan fingerprint density at radius 2 is 0.881 bits per heavy atom. The molecule has 4 N–H and O–H groups in total. The predicted molar refractivity (Wildman–Crippen MR) is 169 cm³/mol. The molecular formula is C35H42N6O. The first kappa shape index (κ1) is 27.9. The van der Waals surface area contributed by atoms with Crippen LogP contribution >= 0.6 is 0 Å². The number of hydrogen-bond donors (Lipinski definition) is 4. The Morgan fingerprint density at radius 1 is 0.476 bits per heavy atom. The number of benzene rings is 1. The highest BCUT2D eigenvalue weighted by Gasteiger charge is 2.37. The van der Waals surface area contributed by atoms with E-state index in [1.54, 1.807) is 7.11 Å². The minimum absolute atomic E-state index is 0.235. The molecule has 218 valence electrons. The van der Waals surface area contributed by atoms with Gasteiger partial charge in [-0.15, -0.1) is 10.2 Å². The zero-order chi connectivity index (χ0) is 30.1. The topological polar surface area (TPSA) is 97.1 Å². The first-order valence-corrected chi connectivity index (χ1v) is 14.6. The van der Waals surface area contributed by atoms with Crippen LogP contribution in [0.15, 0.2) is 77.0 Å². The van der Waals surface area contributed by atoms with E-state index in [9.17, 15) is 0 Å². The van der Waals surface area contributed by atoms with Crippen LogP contribution < -0.4 is 4.74 Å². The quantitative estimate of drug-likeness (QED) is 0.162. The number of ether oxygens (including phenoxy) is 1. The van der Waals surface area contributed by atoms with Crippen LogP contribution in [0.25, 0.3) is 0 Å². The molecule has 0 saturated carbocycles. The zero-order valence-electron chi connectivity index (χ0n) is 26.2. The lowest BCUT2D eigenvalue weighted by Crippen LogP contribution is -2.25. The fourth-order valence-electron chi connectivity index (χ4n) is 6.05. The van der Waals surface area contributed by atoms with E-state index in [-0.39, 0.29) is 21.7 Å². The summed E-state index contributed by atoms with van der Waals surface area (Å²) in [4.78, 5) is 15.1. The number of aromatic amines is 4. The number of nitrogens with zero attached hydrogens (tertiary/aromatic N) is 2. The molecule has 1 aromatic carbocycles. The first-order chi connectivity index (χ1) is 19.7. The number of azo groups is 1. The van der Waals surface area contributed by atoms with Crippen molar-refractivity contribution in [3.63, 3.8) is 0 Å². The van der Waals surface area contributed by atoms with Gasteiger partial charge in [0.05, 0.1) is 12.8 Å². The summed E-state index contributed by atoms with van der Waals surface area (Å²) >= 11 is 0. The van der Waals surface area contributed by atoms with Crippen LogP contribution in [0.1, 0.15) is 101 Å². The van der Waals surface area contributed by atoms with Gasteiger partial charge in [0.2, 0.25) is 0 Å². The molecule has 1 aliphatic rings. The molecule has 4 aromatic heterocycles. The summed E-state index contributed by atoms with van der Waals surface area (Å²) in [6.07, 6.45) is 0. The molecule has 8 bridgehead atoms. The highest BCUT2D eigenvalue weighted by atomic mass is 16.5. The van der Waals surface area contributed by atoms with Crippen LogP contribution in [-0.2, 0) is 21.7 Å². The molecule has 0 saturated heterocycles. The van der Waals surface area contributed by atoms with Crippen molar-refractivity contribution < 1.29 is 4.74 Å². The molecule has 6 rings (SSSR count). The number of nitrogens with one attached hydrogen (secondary N) is 4. The molecule has 0 aliphatic carbocycles. The van der Waals surface area contributed by atoms with Gasteiger partial charge < -0.3 is 24.7 Å². The molecule has 42 heavy (non-hydrogen) atoms. The van der Waals surface area contributed by atoms with Crippen LogP contribution in [0.2, 0.25) is 0 Å². The Balaban J connectivity index is 1.55. The monoisotopic (exact) mass is 562 g/mol. The largest absolute Gasteiger partial charge is 0.497 e. The van der Waals surface area contributed by atoms with Gasteiger partial charge in [0.15, 0.2) is 5.82 Å². The third kappa shape index (κ3) is 4.34. The van der Waals surface area contributed by atoms with E-state index in [0.29, 0.717) is 0 Å². The summed E-state index contributed by atoms with van der Waals surface area (Å²) < 4.78 is 5.31. The molecule has 0 unspecified atom stereocenters. The van der Waals surface area contributed by atoms with Crippen molar-refractivity contribution in [2.45, 2.75) is 77.0 Å². The van der Waals surface area contributed by atoms with E-state index in [1.807, 2.05) is 24.3 Å². The van der Waals surface area contributed by atoms with Gasteiger partial charge in [-0.1, -0.05) is 13.8 Å². The van der Waals surface area contributed by atoms with Gasteiger partial charge in [-0.2, -0.15) is 0 Å². The third-order valence-corrected chi connectivity index (χ3v) is 9.58. The van der Waals surface area contributed by atoms with Crippen LogP contribution in [0.4, 0.5) is 11.5 Å². The highest BCUT2D eigenvalue weighted by molar-refractivity contribution is 5.54. The number of aromatic nitrogens is 4. The van der Waals surface area contributed by atoms with Gasteiger partial charge in [0, 0.05) is 67.1 Å². The van der Waals surface area contributed by atoms with Crippen LogP contribution in [0.5, 0.6) is 5.75 Å². The molecule has 1 aliphatic heterocycles. The SMILES string of the molecule is COc1ccc(N=Nc2[nH]c3cc2C(C)(C)c2ccc([nH]2)C(C)(C)c2ccc([nH]2)C(C)(C)c2ccc([nH]2)C3(C)C)cc1. The Labute approximate surface area is 248 Å². The van der Waals surface area contributed by atoms with Gasteiger partial charge in [0.25, 0.3) is 0 Å². The zero-order valence-corrected chi connectivity index (χ0v) is 26.2. The standard InChI is InChI=1S/C35H42N6O/c1-32(2)23-20-30(39-31(23)41-40-21-10-12-22(42-9)13-11-21)35(7,8)29-19-18-28(38-29)34(5,6)27-17-16-26(37-27)33(3,4)25-15-14-24(32)36-25/h10-20,36-39H,1-9H3. The molecule has 0 spiro atoms. The minimum Gasteiger partial charge on any atom is -0.497 e. The average molecular weight is 563 g/mol. The van der Waals surface area contributed by atoms with Gasteiger partial charge in [0.1, 0.15) is 5.75 Å². The summed E-state index contributed by atoms with van der Waals surface area (Å²) in [6, 6.07) is 23.2. The maximum atomic E-state index is 5.31. The summed E-state index contributed by atoms with van der Waals surface area (Å²) in [5.74, 6) is 1.54. The summed E-state index contributed by atoms with van der Waals surface area (Å²) in [5, 5.41) is 9.40. The van der Waals surface area contributed by atoms with Gasteiger partial charge in [-0.3, -0.25) is 0 Å². The Hall–Kier alpha value is -4.26. The highest BCUT2D eigenvalue weighted by Crippen LogP contribution is 2.44. The van der Waals surface area contributed by atoms with Crippen LogP contribution in [0, 0.1) is 0 Å². The molecule has 0 atom stereocenters. The van der Waals surface area contributed by atoms with Crippen molar-refractivity contribution in [3.8, 4) is 5.75 Å². The maximum absolute atomic E-state index is 5.31. The molecule has 0 amide bonds. The van der Waals surface area contributed by atoms with Crippen molar-refractivity contribution in [1.82, 2.24) is 19.9 Å². The van der Waals surface area contributed by atoms with Crippen molar-refractivity contribution >= 4 is 11.5 Å². The molecule has 5 aromatic rings. The molecule has 7 nitrogen and oxygen atoms in total. The lowest BCUT2D eigenvalue weighted by molar-refractivity contribution is 0.415. The first-order valence-electron chi connectivity index (χ1n) is 14.6. The van der Waals surface area contributed by atoms with Crippen LogP contribution in [0.3, 0.4) is 0 Å². The molecule has 0 fully saturated rings. The number of H-pyrrole nitrogens is 4. The smallest absolute Gasteiger partial charge is 0.157 e. The van der Waals surface area contributed by atoms with Crippen molar-refractivity contribution in [1.29, 1.82) is 0 Å². The molecule has 5 heterocycles. The average Bonchev–Trinajstić information content (AvgIpc) is 3.76. The van der Waals surface area contributed by atoms with E-state index in [2.05, 4.69) is 123 Å². The maximum Gasteiger partial charge on any atom is 0.157 e. The minimum atomic E-state index is -0.381. The number of hydrogen-bond acceptors (Lipinski definition) is 3. The molecular weight excluding hydrogens is 520 g/mol. The number of fused-ring (bicyclic) bond motifs is 8. The molecule has 0 radical (unpaired) electrons. The number of rotatable bonds is 3. The van der Waals surface area contributed by atoms with E-state index >= 15 is 0 Å².